The molecule has 2 aromatic rings. The maximum absolute atomic E-state index is 12.5. The molecule has 0 heterocycles. The van der Waals surface area contributed by atoms with Gasteiger partial charge in [-0.1, -0.05) is 41.9 Å². The fourth-order valence-electron chi connectivity index (χ4n) is 2.50. The van der Waals surface area contributed by atoms with E-state index in [9.17, 15) is 4.79 Å². The minimum absolute atomic E-state index is 0.0381. The molecule has 0 spiro atoms. The summed E-state index contributed by atoms with van der Waals surface area (Å²) in [6, 6.07) is 15.0. The number of carbonyl (C=O) groups is 1. The lowest BCUT2D eigenvalue weighted by molar-refractivity contribution is 0.0932. The highest BCUT2D eigenvalue weighted by Gasteiger charge is 2.33. The summed E-state index contributed by atoms with van der Waals surface area (Å²) < 4.78 is 0. The van der Waals surface area contributed by atoms with Crippen LogP contribution in [0.1, 0.15) is 34.8 Å². The van der Waals surface area contributed by atoms with Crippen LogP contribution >= 0.6 is 11.6 Å². The molecule has 4 heteroatoms. The van der Waals surface area contributed by atoms with E-state index in [0.717, 1.165) is 18.4 Å². The molecular formula is C17H17ClN2O. The van der Waals surface area contributed by atoms with Crippen molar-refractivity contribution in [3.63, 3.8) is 0 Å². The number of nitrogens with two attached hydrogens (primary N) is 1. The number of anilines is 1. The van der Waals surface area contributed by atoms with Gasteiger partial charge in [-0.15, -0.1) is 0 Å². The molecule has 21 heavy (non-hydrogen) atoms. The van der Waals surface area contributed by atoms with Crippen molar-refractivity contribution >= 4 is 23.2 Å². The van der Waals surface area contributed by atoms with Crippen molar-refractivity contribution in [1.29, 1.82) is 0 Å². The van der Waals surface area contributed by atoms with Crippen LogP contribution in [0.2, 0.25) is 5.02 Å². The quantitative estimate of drug-likeness (QED) is 0.844. The van der Waals surface area contributed by atoms with Gasteiger partial charge in [0.2, 0.25) is 0 Å². The Balaban J connectivity index is 1.83. The third-order valence-electron chi connectivity index (χ3n) is 3.77. The van der Waals surface area contributed by atoms with Crippen LogP contribution in [0.5, 0.6) is 0 Å². The Morgan fingerprint density at radius 1 is 1.19 bits per heavy atom. The summed E-state index contributed by atoms with van der Waals surface area (Å²) in [6.45, 7) is 0. The van der Waals surface area contributed by atoms with Crippen molar-refractivity contribution in [1.82, 2.24) is 5.32 Å². The second-order valence-electron chi connectivity index (χ2n) is 5.44. The van der Waals surface area contributed by atoms with E-state index in [-0.39, 0.29) is 11.9 Å². The molecule has 1 aliphatic carbocycles. The third kappa shape index (κ3) is 3.19. The Morgan fingerprint density at radius 3 is 2.57 bits per heavy atom. The van der Waals surface area contributed by atoms with Gasteiger partial charge in [0, 0.05) is 5.69 Å². The van der Waals surface area contributed by atoms with Gasteiger partial charge in [-0.05, 0) is 42.5 Å². The first-order chi connectivity index (χ1) is 10.1. The smallest absolute Gasteiger partial charge is 0.253 e. The molecule has 1 saturated carbocycles. The lowest BCUT2D eigenvalue weighted by atomic mass is 10.0. The summed E-state index contributed by atoms with van der Waals surface area (Å²) in [5, 5.41) is 3.52. The van der Waals surface area contributed by atoms with Crippen molar-refractivity contribution in [3.05, 3.63) is 64.7 Å². The van der Waals surface area contributed by atoms with Crippen molar-refractivity contribution in [2.24, 2.45) is 5.92 Å². The molecule has 1 fully saturated rings. The zero-order chi connectivity index (χ0) is 14.8. The second-order valence-corrected chi connectivity index (χ2v) is 5.85. The largest absolute Gasteiger partial charge is 0.399 e. The number of nitrogens with one attached hydrogen (secondary N) is 1. The normalized spacial score (nSPS) is 15.5. The van der Waals surface area contributed by atoms with Gasteiger partial charge in [0.25, 0.3) is 5.91 Å². The summed E-state index contributed by atoms with van der Waals surface area (Å²) in [6.07, 6.45) is 2.29. The maximum atomic E-state index is 12.5. The molecule has 2 aromatic carbocycles. The molecule has 0 bridgehead atoms. The van der Waals surface area contributed by atoms with Gasteiger partial charge in [0.05, 0.1) is 16.6 Å². The van der Waals surface area contributed by atoms with Crippen LogP contribution in [-0.2, 0) is 0 Å². The average molecular weight is 301 g/mol. The summed E-state index contributed by atoms with van der Waals surface area (Å²) in [5.74, 6) is 0.337. The highest BCUT2D eigenvalue weighted by molar-refractivity contribution is 6.34. The number of hydrogen-bond donors (Lipinski definition) is 2. The van der Waals surface area contributed by atoms with Crippen LogP contribution in [-0.4, -0.2) is 5.91 Å². The fraction of sp³-hybridized carbons (Fsp3) is 0.235. The molecular weight excluding hydrogens is 284 g/mol. The molecule has 3 rings (SSSR count). The molecule has 0 aromatic heterocycles. The molecule has 1 amide bonds. The molecule has 108 valence electrons. The molecule has 0 saturated heterocycles. The first kappa shape index (κ1) is 14.0. The number of benzene rings is 2. The van der Waals surface area contributed by atoms with E-state index in [2.05, 4.69) is 5.32 Å². The van der Waals surface area contributed by atoms with Gasteiger partial charge >= 0.3 is 0 Å². The molecule has 0 aliphatic heterocycles. The van der Waals surface area contributed by atoms with Gasteiger partial charge < -0.3 is 11.1 Å². The summed E-state index contributed by atoms with van der Waals surface area (Å²) >= 11 is 6.10. The standard InChI is InChI=1S/C17H17ClN2O/c18-15-9-8-13(19)10-14(15)17(21)20-16(12-6-7-12)11-4-2-1-3-5-11/h1-5,8-10,12,16H,6-7,19H2,(H,20,21). The lowest BCUT2D eigenvalue weighted by Crippen LogP contribution is -2.30. The van der Waals surface area contributed by atoms with E-state index >= 15 is 0 Å². The highest BCUT2D eigenvalue weighted by Crippen LogP contribution is 2.41. The van der Waals surface area contributed by atoms with Crippen molar-refractivity contribution < 1.29 is 4.79 Å². The monoisotopic (exact) mass is 300 g/mol. The van der Waals surface area contributed by atoms with Crippen LogP contribution in [0.15, 0.2) is 48.5 Å². The van der Waals surface area contributed by atoms with Gasteiger partial charge in [0.1, 0.15) is 0 Å². The van der Waals surface area contributed by atoms with E-state index in [4.69, 9.17) is 17.3 Å². The van der Waals surface area contributed by atoms with E-state index in [0.29, 0.717) is 22.2 Å². The van der Waals surface area contributed by atoms with E-state index < -0.39 is 0 Å². The van der Waals surface area contributed by atoms with Crippen molar-refractivity contribution in [2.75, 3.05) is 5.73 Å². The zero-order valence-corrected chi connectivity index (χ0v) is 12.3. The van der Waals surface area contributed by atoms with E-state index in [1.165, 1.54) is 0 Å². The molecule has 0 radical (unpaired) electrons. The summed E-state index contributed by atoms with van der Waals surface area (Å²) in [7, 11) is 0. The molecule has 3 N–H and O–H groups in total. The fourth-order valence-corrected chi connectivity index (χ4v) is 2.70. The number of rotatable bonds is 4. The Kier molecular flexibility index (Phi) is 3.84. The predicted molar refractivity (Wildman–Crippen MR) is 85.2 cm³/mol. The van der Waals surface area contributed by atoms with Crippen LogP contribution in [0.4, 0.5) is 5.69 Å². The third-order valence-corrected chi connectivity index (χ3v) is 4.10. The van der Waals surface area contributed by atoms with Crippen molar-refractivity contribution in [3.8, 4) is 0 Å². The highest BCUT2D eigenvalue weighted by atomic mass is 35.5. The number of nitrogen functional groups attached to an aromatic ring is 1. The Bertz CT molecular complexity index is 653. The van der Waals surface area contributed by atoms with Gasteiger partial charge in [-0.3, -0.25) is 4.79 Å². The number of halogens is 1. The first-order valence-corrected chi connectivity index (χ1v) is 7.44. The van der Waals surface area contributed by atoms with E-state index in [1.54, 1.807) is 18.2 Å². The Labute approximate surface area is 129 Å². The maximum Gasteiger partial charge on any atom is 0.253 e. The average Bonchev–Trinajstić information content (AvgIpc) is 3.32. The zero-order valence-electron chi connectivity index (χ0n) is 11.6. The number of hydrogen-bond acceptors (Lipinski definition) is 2. The van der Waals surface area contributed by atoms with Crippen molar-refractivity contribution in [2.45, 2.75) is 18.9 Å². The molecule has 3 nitrogen and oxygen atoms in total. The second kappa shape index (κ2) is 5.78. The van der Waals surface area contributed by atoms with Gasteiger partial charge in [0.15, 0.2) is 0 Å². The van der Waals surface area contributed by atoms with Crippen LogP contribution in [0.25, 0.3) is 0 Å². The summed E-state index contributed by atoms with van der Waals surface area (Å²) in [5.41, 5.74) is 7.84. The minimum Gasteiger partial charge on any atom is -0.399 e. The Hall–Kier alpha value is -2.00. The van der Waals surface area contributed by atoms with Crippen LogP contribution in [0.3, 0.4) is 0 Å². The topological polar surface area (TPSA) is 55.1 Å². The lowest BCUT2D eigenvalue weighted by Gasteiger charge is -2.19. The van der Waals surface area contributed by atoms with Crippen LogP contribution in [0, 0.1) is 5.92 Å². The SMILES string of the molecule is Nc1ccc(Cl)c(C(=O)NC(c2ccccc2)C2CC2)c1. The molecule has 1 atom stereocenters. The molecule has 1 unspecified atom stereocenters. The predicted octanol–water partition coefficient (Wildman–Crippen LogP) is 3.80. The van der Waals surface area contributed by atoms with Gasteiger partial charge in [-0.25, -0.2) is 0 Å². The number of carbonyl (C=O) groups excluding carboxylic acids is 1. The number of amides is 1. The van der Waals surface area contributed by atoms with Crippen LogP contribution < -0.4 is 11.1 Å². The van der Waals surface area contributed by atoms with Gasteiger partial charge in [-0.2, -0.15) is 0 Å². The van der Waals surface area contributed by atoms with E-state index in [1.807, 2.05) is 30.3 Å². The summed E-state index contributed by atoms with van der Waals surface area (Å²) in [4.78, 5) is 12.5. The molecule has 1 aliphatic rings. The Morgan fingerprint density at radius 2 is 1.90 bits per heavy atom. The minimum atomic E-state index is -0.173. The first-order valence-electron chi connectivity index (χ1n) is 7.06.